The highest BCUT2D eigenvalue weighted by atomic mass is 16.2. The lowest BCUT2D eigenvalue weighted by molar-refractivity contribution is -0.129. The maximum Gasteiger partial charge on any atom is 0.225 e. The van der Waals surface area contributed by atoms with Crippen LogP contribution in [0.1, 0.15) is 50.5 Å². The molecule has 1 aromatic carbocycles. The summed E-state index contributed by atoms with van der Waals surface area (Å²) in [5.74, 6) is -0.0230. The van der Waals surface area contributed by atoms with E-state index in [2.05, 4.69) is 5.32 Å². The average molecular weight is 314 g/mol. The first-order valence-corrected chi connectivity index (χ1v) is 8.84. The van der Waals surface area contributed by atoms with Gasteiger partial charge in [-0.2, -0.15) is 0 Å². The highest BCUT2D eigenvalue weighted by molar-refractivity contribution is 5.89. The molecule has 0 radical (unpaired) electrons. The Morgan fingerprint density at radius 2 is 1.78 bits per heavy atom. The largest absolute Gasteiger partial charge is 0.353 e. The highest BCUT2D eigenvalue weighted by Crippen LogP contribution is 2.22. The predicted molar refractivity (Wildman–Crippen MR) is 89.6 cm³/mol. The van der Waals surface area contributed by atoms with Crippen molar-refractivity contribution < 1.29 is 9.59 Å². The fourth-order valence-electron chi connectivity index (χ4n) is 3.65. The van der Waals surface area contributed by atoms with Gasteiger partial charge in [0.25, 0.3) is 0 Å². The molecule has 1 aliphatic carbocycles. The van der Waals surface area contributed by atoms with E-state index in [0.717, 1.165) is 18.4 Å². The molecule has 2 fully saturated rings. The zero-order valence-electron chi connectivity index (χ0n) is 13.7. The second-order valence-corrected chi connectivity index (χ2v) is 6.86. The molecule has 3 rings (SSSR count). The SMILES string of the molecule is O=C(NC1CCCCCC1)[C@H]1CC(=O)N(Cc2ccccc2)C1. The number of rotatable bonds is 4. The first kappa shape index (κ1) is 16.0. The molecule has 1 saturated heterocycles. The van der Waals surface area contributed by atoms with Crippen molar-refractivity contribution in [2.75, 3.05) is 6.54 Å². The predicted octanol–water partition coefficient (Wildman–Crippen LogP) is 2.87. The third kappa shape index (κ3) is 4.34. The molecule has 0 spiro atoms. The van der Waals surface area contributed by atoms with Crippen LogP contribution in [0, 0.1) is 5.92 Å². The maximum absolute atomic E-state index is 12.5. The molecule has 1 saturated carbocycles. The van der Waals surface area contributed by atoms with Crippen LogP contribution in [0.5, 0.6) is 0 Å². The van der Waals surface area contributed by atoms with E-state index in [4.69, 9.17) is 0 Å². The second kappa shape index (κ2) is 7.62. The summed E-state index contributed by atoms with van der Waals surface area (Å²) in [6.07, 6.45) is 7.48. The van der Waals surface area contributed by atoms with Crippen LogP contribution in [0.25, 0.3) is 0 Å². The first-order chi connectivity index (χ1) is 11.2. The molecule has 0 bridgehead atoms. The third-order valence-corrected chi connectivity index (χ3v) is 5.00. The van der Waals surface area contributed by atoms with Crippen molar-refractivity contribution in [2.24, 2.45) is 5.92 Å². The fourth-order valence-corrected chi connectivity index (χ4v) is 3.65. The van der Waals surface area contributed by atoms with Gasteiger partial charge < -0.3 is 10.2 Å². The summed E-state index contributed by atoms with van der Waals surface area (Å²) in [6, 6.07) is 10.3. The number of hydrogen-bond donors (Lipinski definition) is 1. The quantitative estimate of drug-likeness (QED) is 0.869. The van der Waals surface area contributed by atoms with Crippen molar-refractivity contribution in [3.05, 3.63) is 35.9 Å². The van der Waals surface area contributed by atoms with Gasteiger partial charge in [-0.3, -0.25) is 9.59 Å². The zero-order valence-corrected chi connectivity index (χ0v) is 13.7. The minimum atomic E-state index is -0.186. The number of carbonyl (C=O) groups excluding carboxylic acids is 2. The molecule has 4 heteroatoms. The van der Waals surface area contributed by atoms with Crippen molar-refractivity contribution in [3.63, 3.8) is 0 Å². The molecule has 1 N–H and O–H groups in total. The van der Waals surface area contributed by atoms with E-state index in [9.17, 15) is 9.59 Å². The summed E-state index contributed by atoms with van der Waals surface area (Å²) in [5.41, 5.74) is 1.12. The van der Waals surface area contributed by atoms with Gasteiger partial charge in [-0.05, 0) is 18.4 Å². The third-order valence-electron chi connectivity index (χ3n) is 5.00. The van der Waals surface area contributed by atoms with Gasteiger partial charge in [-0.25, -0.2) is 0 Å². The lowest BCUT2D eigenvalue weighted by Crippen LogP contribution is -2.39. The Balaban J connectivity index is 1.53. The van der Waals surface area contributed by atoms with E-state index in [1.807, 2.05) is 35.2 Å². The van der Waals surface area contributed by atoms with Crippen LogP contribution in [0.4, 0.5) is 0 Å². The van der Waals surface area contributed by atoms with Gasteiger partial charge in [0.15, 0.2) is 0 Å². The molecule has 0 unspecified atom stereocenters. The molecule has 1 aromatic rings. The summed E-state index contributed by atoms with van der Waals surface area (Å²) in [4.78, 5) is 26.5. The van der Waals surface area contributed by atoms with Crippen LogP contribution >= 0.6 is 0 Å². The van der Waals surface area contributed by atoms with Crippen LogP contribution in [0.3, 0.4) is 0 Å². The van der Waals surface area contributed by atoms with Crippen molar-refractivity contribution in [1.82, 2.24) is 10.2 Å². The van der Waals surface area contributed by atoms with Gasteiger partial charge in [-0.15, -0.1) is 0 Å². The smallest absolute Gasteiger partial charge is 0.225 e. The monoisotopic (exact) mass is 314 g/mol. The van der Waals surface area contributed by atoms with Crippen LogP contribution in [0.2, 0.25) is 0 Å². The van der Waals surface area contributed by atoms with Crippen molar-refractivity contribution in [3.8, 4) is 0 Å². The van der Waals surface area contributed by atoms with E-state index in [0.29, 0.717) is 25.6 Å². The summed E-state index contributed by atoms with van der Waals surface area (Å²) in [7, 11) is 0. The first-order valence-electron chi connectivity index (χ1n) is 8.84. The Kier molecular flexibility index (Phi) is 5.31. The number of carbonyl (C=O) groups is 2. The van der Waals surface area contributed by atoms with E-state index in [-0.39, 0.29) is 17.7 Å². The number of hydrogen-bond acceptors (Lipinski definition) is 2. The summed E-state index contributed by atoms with van der Waals surface area (Å²) in [5, 5.41) is 3.19. The fraction of sp³-hybridized carbons (Fsp3) is 0.579. The topological polar surface area (TPSA) is 49.4 Å². The molecular weight excluding hydrogens is 288 g/mol. The van der Waals surface area contributed by atoms with Crippen molar-refractivity contribution >= 4 is 11.8 Å². The summed E-state index contributed by atoms with van der Waals surface area (Å²) >= 11 is 0. The Hall–Kier alpha value is -1.84. The summed E-state index contributed by atoms with van der Waals surface area (Å²) < 4.78 is 0. The Morgan fingerprint density at radius 3 is 2.48 bits per heavy atom. The van der Waals surface area contributed by atoms with Crippen LogP contribution in [-0.4, -0.2) is 29.3 Å². The molecule has 1 heterocycles. The lowest BCUT2D eigenvalue weighted by atomic mass is 10.0. The van der Waals surface area contributed by atoms with E-state index < -0.39 is 0 Å². The second-order valence-electron chi connectivity index (χ2n) is 6.86. The number of nitrogens with zero attached hydrogens (tertiary/aromatic N) is 1. The van der Waals surface area contributed by atoms with Crippen LogP contribution in [0.15, 0.2) is 30.3 Å². The standard InChI is InChI=1S/C19H26N2O2/c22-18-12-16(14-21(18)13-15-8-4-3-5-9-15)19(23)20-17-10-6-1-2-7-11-17/h3-5,8-9,16-17H,1-2,6-7,10-14H2,(H,20,23)/t16-/m0/s1. The summed E-state index contributed by atoms with van der Waals surface area (Å²) in [6.45, 7) is 1.15. The maximum atomic E-state index is 12.5. The Bertz CT molecular complexity index is 536. The molecule has 124 valence electrons. The van der Waals surface area contributed by atoms with Crippen molar-refractivity contribution in [1.29, 1.82) is 0 Å². The average Bonchev–Trinajstić information content (AvgIpc) is 2.75. The Labute approximate surface area is 138 Å². The molecule has 4 nitrogen and oxygen atoms in total. The normalized spacial score (nSPS) is 22.9. The Morgan fingerprint density at radius 1 is 1.09 bits per heavy atom. The highest BCUT2D eigenvalue weighted by Gasteiger charge is 2.34. The molecule has 1 aliphatic heterocycles. The van der Waals surface area contributed by atoms with Gasteiger partial charge in [0.2, 0.25) is 11.8 Å². The number of nitrogens with one attached hydrogen (secondary N) is 1. The number of benzene rings is 1. The van der Waals surface area contributed by atoms with Crippen LogP contribution in [-0.2, 0) is 16.1 Å². The molecule has 23 heavy (non-hydrogen) atoms. The van der Waals surface area contributed by atoms with E-state index in [1.165, 1.54) is 25.7 Å². The lowest BCUT2D eigenvalue weighted by Gasteiger charge is -2.20. The van der Waals surface area contributed by atoms with E-state index >= 15 is 0 Å². The zero-order chi connectivity index (χ0) is 16.1. The van der Waals surface area contributed by atoms with Gasteiger partial charge in [-0.1, -0.05) is 56.0 Å². The molecular formula is C19H26N2O2. The molecule has 2 aliphatic rings. The van der Waals surface area contributed by atoms with Gasteiger partial charge in [0.05, 0.1) is 5.92 Å². The molecule has 0 aromatic heterocycles. The minimum absolute atomic E-state index is 0.0702. The minimum Gasteiger partial charge on any atom is -0.353 e. The van der Waals surface area contributed by atoms with Gasteiger partial charge in [0, 0.05) is 25.6 Å². The van der Waals surface area contributed by atoms with Gasteiger partial charge >= 0.3 is 0 Å². The molecule has 2 amide bonds. The number of amides is 2. The van der Waals surface area contributed by atoms with E-state index in [1.54, 1.807) is 0 Å². The molecule has 1 atom stereocenters. The number of likely N-dealkylation sites (tertiary alicyclic amines) is 1. The van der Waals surface area contributed by atoms with Crippen molar-refractivity contribution in [2.45, 2.75) is 57.5 Å². The van der Waals surface area contributed by atoms with Crippen LogP contribution < -0.4 is 5.32 Å². The van der Waals surface area contributed by atoms with Gasteiger partial charge in [0.1, 0.15) is 0 Å².